The maximum absolute atomic E-state index is 12.7. The zero-order valence-electron chi connectivity index (χ0n) is 34.6. The monoisotopic (exact) mass is 796 g/mol. The van der Waals surface area contributed by atoms with Crippen LogP contribution in [0.4, 0.5) is 4.79 Å². The lowest BCUT2D eigenvalue weighted by Gasteiger charge is -2.31. The molecule has 3 N–H and O–H groups in total. The van der Waals surface area contributed by atoms with Crippen molar-refractivity contribution in [2.75, 3.05) is 19.8 Å². The van der Waals surface area contributed by atoms with Gasteiger partial charge >= 0.3 is 24.1 Å². The summed E-state index contributed by atoms with van der Waals surface area (Å²) < 4.78 is 26.6. The minimum absolute atomic E-state index is 0.0577. The van der Waals surface area contributed by atoms with Crippen LogP contribution in [0, 0.1) is 52.8 Å². The molecule has 2 unspecified atom stereocenters. The molecule has 1 aliphatic carbocycles. The molecule has 1 saturated carbocycles. The number of hydrogen-bond donors (Lipinski definition) is 3. The van der Waals surface area contributed by atoms with Crippen LogP contribution in [-0.2, 0) is 44.5 Å². The van der Waals surface area contributed by atoms with Crippen molar-refractivity contribution in [1.29, 1.82) is 0 Å². The second kappa shape index (κ2) is 23.8. The average molecular weight is 797 g/mol. The van der Waals surface area contributed by atoms with E-state index < -0.39 is 64.9 Å². The lowest BCUT2D eigenvalue weighted by Crippen LogP contribution is -2.40. The first kappa shape index (κ1) is 48.8. The SMILES string of the molecule is C#CCC(C)(C)C(=O)OCC(C)(COC(=O)OC(C)OC(=O)CCC/C=C\C[C@@H]1C(CC[C@@H](O)CCc2ccccc2)[C@H](O)C[C@@H]1O)COC(=O)C(C)(C)CC#C. The van der Waals surface area contributed by atoms with Gasteiger partial charge < -0.3 is 39.0 Å². The molecule has 57 heavy (non-hydrogen) atoms. The zero-order chi connectivity index (χ0) is 42.6. The van der Waals surface area contributed by atoms with Crippen molar-refractivity contribution in [3.05, 3.63) is 48.0 Å². The second-order valence-electron chi connectivity index (χ2n) is 16.8. The van der Waals surface area contributed by atoms with Crippen LogP contribution in [-0.4, -0.2) is 83.8 Å². The maximum Gasteiger partial charge on any atom is 0.511 e. The number of aryl methyl sites for hydroxylation is 1. The molecule has 0 amide bonds. The minimum Gasteiger partial charge on any atom is -0.464 e. The summed E-state index contributed by atoms with van der Waals surface area (Å²) in [5.41, 5.74) is -1.96. The van der Waals surface area contributed by atoms with Crippen LogP contribution in [0.2, 0.25) is 0 Å². The average Bonchev–Trinajstić information content (AvgIpc) is 3.42. The molecular weight excluding hydrogens is 732 g/mol. The quantitative estimate of drug-likeness (QED) is 0.0260. The molecular formula is C45H64O12. The Morgan fingerprint density at radius 2 is 1.39 bits per heavy atom. The van der Waals surface area contributed by atoms with Gasteiger partial charge in [-0.15, -0.1) is 24.7 Å². The van der Waals surface area contributed by atoms with E-state index in [4.69, 9.17) is 36.5 Å². The third-order valence-electron chi connectivity index (χ3n) is 10.2. The summed E-state index contributed by atoms with van der Waals surface area (Å²) in [5, 5.41) is 31.8. The smallest absolute Gasteiger partial charge is 0.464 e. The van der Waals surface area contributed by atoms with Crippen LogP contribution in [0.15, 0.2) is 42.5 Å². The fourth-order valence-electron chi connectivity index (χ4n) is 6.47. The number of hydrogen-bond acceptors (Lipinski definition) is 12. The first-order valence-corrected chi connectivity index (χ1v) is 19.8. The number of unbranched alkanes of at least 4 members (excludes halogenated alkanes) is 1. The van der Waals surface area contributed by atoms with Gasteiger partial charge in [-0.05, 0) is 103 Å². The molecule has 0 saturated heterocycles. The van der Waals surface area contributed by atoms with Crippen LogP contribution < -0.4 is 0 Å². The first-order chi connectivity index (χ1) is 26.8. The van der Waals surface area contributed by atoms with Crippen LogP contribution in [0.1, 0.15) is 111 Å². The van der Waals surface area contributed by atoms with Gasteiger partial charge in [-0.2, -0.15) is 0 Å². The Morgan fingerprint density at radius 1 is 0.825 bits per heavy atom. The molecule has 0 bridgehead atoms. The summed E-state index contributed by atoms with van der Waals surface area (Å²) in [4.78, 5) is 50.4. The van der Waals surface area contributed by atoms with Crippen molar-refractivity contribution in [1.82, 2.24) is 0 Å². The van der Waals surface area contributed by atoms with Crippen LogP contribution in [0.25, 0.3) is 0 Å². The highest BCUT2D eigenvalue weighted by atomic mass is 16.8. The highest BCUT2D eigenvalue weighted by molar-refractivity contribution is 5.77. The number of ether oxygens (including phenoxy) is 5. The summed E-state index contributed by atoms with van der Waals surface area (Å²) >= 11 is 0. The van der Waals surface area contributed by atoms with Crippen molar-refractivity contribution in [2.45, 2.75) is 137 Å². The summed E-state index contributed by atoms with van der Waals surface area (Å²) in [6, 6.07) is 9.98. The van der Waals surface area contributed by atoms with Gasteiger partial charge in [0.05, 0.1) is 34.6 Å². The van der Waals surface area contributed by atoms with E-state index in [1.807, 2.05) is 42.5 Å². The number of carbonyl (C=O) groups excluding carboxylic acids is 4. The number of aliphatic hydroxyl groups is 3. The summed E-state index contributed by atoms with van der Waals surface area (Å²) in [7, 11) is 0. The largest absolute Gasteiger partial charge is 0.511 e. The van der Waals surface area contributed by atoms with Crippen molar-refractivity contribution in [3.8, 4) is 24.7 Å². The van der Waals surface area contributed by atoms with Crippen molar-refractivity contribution >= 4 is 24.1 Å². The predicted octanol–water partition coefficient (Wildman–Crippen LogP) is 6.47. The third-order valence-corrected chi connectivity index (χ3v) is 10.2. The van der Waals surface area contributed by atoms with Gasteiger partial charge in [0.15, 0.2) is 0 Å². The topological polar surface area (TPSA) is 175 Å². The Hall–Kier alpha value is -4.36. The number of allylic oxidation sites excluding steroid dienone is 2. The Bertz CT molecular complexity index is 1490. The van der Waals surface area contributed by atoms with Crippen molar-refractivity contribution in [2.24, 2.45) is 28.1 Å². The van der Waals surface area contributed by atoms with Gasteiger partial charge in [-0.25, -0.2) is 4.79 Å². The van der Waals surface area contributed by atoms with Gasteiger partial charge in [0, 0.05) is 26.2 Å². The molecule has 0 aliphatic heterocycles. The van der Waals surface area contributed by atoms with Gasteiger partial charge in [-0.1, -0.05) is 42.5 Å². The highest BCUT2D eigenvalue weighted by Gasteiger charge is 2.41. The molecule has 12 nitrogen and oxygen atoms in total. The Balaban J connectivity index is 1.78. The lowest BCUT2D eigenvalue weighted by atomic mass is 9.85. The van der Waals surface area contributed by atoms with E-state index in [-0.39, 0.29) is 50.9 Å². The van der Waals surface area contributed by atoms with E-state index in [0.717, 1.165) is 6.42 Å². The number of carbonyl (C=O) groups is 4. The van der Waals surface area contributed by atoms with Gasteiger partial charge in [-0.3, -0.25) is 14.4 Å². The van der Waals surface area contributed by atoms with Crippen molar-refractivity contribution < 1.29 is 58.2 Å². The van der Waals surface area contributed by atoms with Crippen LogP contribution in [0.3, 0.4) is 0 Å². The lowest BCUT2D eigenvalue weighted by molar-refractivity contribution is -0.170. The number of aliphatic hydroxyl groups excluding tert-OH is 3. The molecule has 2 rings (SSSR count). The molecule has 0 spiro atoms. The standard InChI is InChI=1S/C45H64O12/c1-9-26-43(4,5)40(50)53-29-45(8,30-54-41(51)44(6,7)27-10-2)31-55-42(52)57-32(3)56-39(49)21-17-12-11-16-20-35-36(38(48)28-37(35)47)25-24-34(46)23-22-33-18-14-13-15-19-33/h1-2,11,13-16,18-19,32,34-38,46-48H,12,17,20-31H2,3-8H3/b16-11-/t32?,34-,35+,36?,37-,38+/m0/s1. The normalized spacial score (nSPS) is 19.5. The first-order valence-electron chi connectivity index (χ1n) is 19.8. The molecule has 1 aromatic rings. The number of esters is 3. The fraction of sp³-hybridized carbons (Fsp3) is 0.644. The predicted molar refractivity (Wildman–Crippen MR) is 214 cm³/mol. The Labute approximate surface area is 339 Å². The van der Waals surface area contributed by atoms with E-state index in [0.29, 0.717) is 44.9 Å². The molecule has 0 heterocycles. The van der Waals surface area contributed by atoms with Crippen LogP contribution in [0.5, 0.6) is 0 Å². The summed E-state index contributed by atoms with van der Waals surface area (Å²) in [6.45, 7) is 8.57. The molecule has 6 atom stereocenters. The molecule has 12 heteroatoms. The zero-order valence-corrected chi connectivity index (χ0v) is 34.6. The summed E-state index contributed by atoms with van der Waals surface area (Å²) in [5.74, 6) is 2.89. The number of rotatable bonds is 24. The molecule has 1 fully saturated rings. The molecule has 1 aliphatic rings. The molecule has 316 valence electrons. The van der Waals surface area contributed by atoms with E-state index in [9.17, 15) is 34.5 Å². The molecule has 0 radical (unpaired) electrons. The third kappa shape index (κ3) is 17.8. The van der Waals surface area contributed by atoms with E-state index in [1.54, 1.807) is 34.6 Å². The van der Waals surface area contributed by atoms with E-state index in [2.05, 4.69) is 11.8 Å². The second-order valence-corrected chi connectivity index (χ2v) is 16.8. The minimum atomic E-state index is -1.26. The van der Waals surface area contributed by atoms with E-state index in [1.165, 1.54) is 12.5 Å². The fourth-order valence-corrected chi connectivity index (χ4v) is 6.47. The van der Waals surface area contributed by atoms with Gasteiger partial charge in [0.1, 0.15) is 19.8 Å². The van der Waals surface area contributed by atoms with E-state index >= 15 is 0 Å². The molecule has 1 aromatic carbocycles. The Morgan fingerprint density at radius 3 is 1.96 bits per heavy atom. The van der Waals surface area contributed by atoms with Crippen LogP contribution >= 0.6 is 0 Å². The number of terminal acetylenes is 2. The maximum atomic E-state index is 12.7. The summed E-state index contributed by atoms with van der Waals surface area (Å²) in [6.07, 6.45) is 15.3. The molecule has 0 aromatic heterocycles. The highest BCUT2D eigenvalue weighted by Crippen LogP contribution is 2.38. The number of benzene rings is 1. The van der Waals surface area contributed by atoms with Gasteiger partial charge in [0.25, 0.3) is 0 Å². The van der Waals surface area contributed by atoms with Gasteiger partial charge in [0.2, 0.25) is 6.29 Å². The van der Waals surface area contributed by atoms with Crippen molar-refractivity contribution in [3.63, 3.8) is 0 Å². The Kier molecular flexibility index (Phi) is 20.3.